The maximum absolute atomic E-state index is 12.5. The number of ether oxygens (including phenoxy) is 2. The third-order valence-electron chi connectivity index (χ3n) is 4.08. The van der Waals surface area contributed by atoms with Gasteiger partial charge in [-0.05, 0) is 24.3 Å². The van der Waals surface area contributed by atoms with Crippen LogP contribution in [0.1, 0.15) is 20.7 Å². The molecule has 6 nitrogen and oxygen atoms in total. The number of hydrogen-bond donors (Lipinski definition) is 2. The number of benzene rings is 3. The smallest absolute Gasteiger partial charge is 0.342 e. The normalized spacial score (nSPS) is 10.5. The number of hydrogen-bond acceptors (Lipinski definition) is 6. The Morgan fingerprint density at radius 1 is 0.889 bits per heavy atom. The minimum absolute atomic E-state index is 0.115. The average molecular weight is 386 g/mol. The highest BCUT2D eigenvalue weighted by Crippen LogP contribution is 2.40. The number of esters is 2. The van der Waals surface area contributed by atoms with E-state index in [9.17, 15) is 14.7 Å². The topological polar surface area (TPSA) is 84.9 Å². The lowest BCUT2D eigenvalue weighted by atomic mass is 9.96. The van der Waals surface area contributed by atoms with Gasteiger partial charge in [-0.25, -0.2) is 9.59 Å². The minimum atomic E-state index is -0.849. The van der Waals surface area contributed by atoms with Crippen LogP contribution in [-0.4, -0.2) is 31.3 Å². The molecular weight excluding hydrogens is 370 g/mol. The van der Waals surface area contributed by atoms with Crippen molar-refractivity contribution in [2.45, 2.75) is 0 Å². The third-order valence-corrected chi connectivity index (χ3v) is 4.33. The zero-order valence-electron chi connectivity index (χ0n) is 14.6. The van der Waals surface area contributed by atoms with E-state index < -0.39 is 11.9 Å². The zero-order valence-corrected chi connectivity index (χ0v) is 15.3. The molecule has 0 atom stereocenters. The van der Waals surface area contributed by atoms with Crippen molar-refractivity contribution in [1.82, 2.24) is 0 Å². The minimum Gasteiger partial charge on any atom is -0.506 e. The fraction of sp³-hybridized carbons (Fsp3) is 0.100. The van der Waals surface area contributed by atoms with Crippen molar-refractivity contribution in [2.24, 2.45) is 0 Å². The van der Waals surface area contributed by atoms with Crippen molar-refractivity contribution in [3.05, 3.63) is 64.7 Å². The predicted molar refractivity (Wildman–Crippen MR) is 103 cm³/mol. The van der Waals surface area contributed by atoms with Gasteiger partial charge in [-0.3, -0.25) is 0 Å². The Morgan fingerprint density at radius 3 is 2.04 bits per heavy atom. The van der Waals surface area contributed by atoms with Gasteiger partial charge < -0.3 is 19.9 Å². The van der Waals surface area contributed by atoms with Crippen LogP contribution in [0.2, 0.25) is 5.02 Å². The van der Waals surface area contributed by atoms with Gasteiger partial charge in [-0.1, -0.05) is 35.9 Å². The number of phenolic OH excluding ortho intramolecular Hbond substituents is 1. The van der Waals surface area contributed by atoms with Crippen LogP contribution < -0.4 is 5.32 Å². The van der Waals surface area contributed by atoms with Gasteiger partial charge in [-0.2, -0.15) is 0 Å². The monoisotopic (exact) mass is 385 g/mol. The van der Waals surface area contributed by atoms with Crippen LogP contribution in [0.3, 0.4) is 0 Å². The molecule has 0 heterocycles. The Labute approximate surface area is 160 Å². The lowest BCUT2D eigenvalue weighted by Crippen LogP contribution is -2.15. The highest BCUT2D eigenvalue weighted by Gasteiger charge is 2.29. The summed E-state index contributed by atoms with van der Waals surface area (Å²) >= 11 is 5.92. The number of anilines is 2. The first kappa shape index (κ1) is 18.5. The average Bonchev–Trinajstić information content (AvgIpc) is 2.70. The van der Waals surface area contributed by atoms with Gasteiger partial charge >= 0.3 is 11.9 Å². The van der Waals surface area contributed by atoms with Crippen molar-refractivity contribution in [2.75, 3.05) is 19.5 Å². The predicted octanol–water partition coefficient (Wildman–Crippen LogP) is 4.52. The Balaban J connectivity index is 2.37. The number of carbonyl (C=O) groups is 2. The van der Waals surface area contributed by atoms with Crippen LogP contribution in [-0.2, 0) is 9.47 Å². The molecule has 0 spiro atoms. The molecule has 3 rings (SSSR count). The van der Waals surface area contributed by atoms with Crippen LogP contribution in [0.4, 0.5) is 11.4 Å². The summed E-state index contributed by atoms with van der Waals surface area (Å²) in [5.41, 5.74) is 0.573. The first-order chi connectivity index (χ1) is 13.0. The summed E-state index contributed by atoms with van der Waals surface area (Å²) in [5.74, 6) is -1.98. The molecule has 7 heteroatoms. The Hall–Kier alpha value is -3.25. The van der Waals surface area contributed by atoms with E-state index in [0.29, 0.717) is 27.2 Å². The maximum Gasteiger partial charge on any atom is 0.342 e. The molecule has 0 fully saturated rings. The lowest BCUT2D eigenvalue weighted by molar-refractivity contribution is 0.0553. The molecule has 3 aromatic rings. The van der Waals surface area contributed by atoms with Gasteiger partial charge in [-0.15, -0.1) is 0 Å². The third kappa shape index (κ3) is 3.39. The summed E-state index contributed by atoms with van der Waals surface area (Å²) in [7, 11) is 2.37. The summed E-state index contributed by atoms with van der Waals surface area (Å²) in [6, 6.07) is 13.7. The van der Waals surface area contributed by atoms with Crippen LogP contribution in [0.15, 0.2) is 48.5 Å². The molecule has 27 heavy (non-hydrogen) atoms. The molecule has 138 valence electrons. The van der Waals surface area contributed by atoms with E-state index in [4.69, 9.17) is 21.1 Å². The fourth-order valence-corrected chi connectivity index (χ4v) is 2.96. The van der Waals surface area contributed by atoms with Gasteiger partial charge in [0.2, 0.25) is 0 Å². The first-order valence-corrected chi connectivity index (χ1v) is 8.32. The van der Waals surface area contributed by atoms with Gasteiger partial charge in [0.15, 0.2) is 0 Å². The van der Waals surface area contributed by atoms with Crippen molar-refractivity contribution < 1.29 is 24.2 Å². The van der Waals surface area contributed by atoms with E-state index >= 15 is 0 Å². The van der Waals surface area contributed by atoms with E-state index in [2.05, 4.69) is 5.32 Å². The molecule has 0 aliphatic rings. The van der Waals surface area contributed by atoms with Gasteiger partial charge in [0.05, 0.1) is 19.9 Å². The summed E-state index contributed by atoms with van der Waals surface area (Å²) in [6.07, 6.45) is 0. The molecule has 0 saturated heterocycles. The number of carbonyl (C=O) groups excluding carboxylic acids is 2. The Morgan fingerprint density at radius 2 is 1.44 bits per heavy atom. The molecule has 0 aliphatic heterocycles. The number of aromatic hydroxyl groups is 1. The molecule has 0 amide bonds. The molecule has 2 N–H and O–H groups in total. The number of rotatable bonds is 4. The van der Waals surface area contributed by atoms with Gasteiger partial charge in [0.25, 0.3) is 0 Å². The number of phenols is 1. The Bertz CT molecular complexity index is 1030. The highest BCUT2D eigenvalue weighted by atomic mass is 35.5. The molecule has 0 aromatic heterocycles. The first-order valence-electron chi connectivity index (χ1n) is 7.94. The molecule has 3 aromatic carbocycles. The second-order valence-electron chi connectivity index (χ2n) is 5.63. The SMILES string of the molecule is COC(=O)c1c(C(=O)OC)c(Nc2ccc(Cl)cc2)c2ccccc2c1O. The Kier molecular flexibility index (Phi) is 5.19. The maximum atomic E-state index is 12.5. The summed E-state index contributed by atoms with van der Waals surface area (Å²) in [4.78, 5) is 24.8. The summed E-state index contributed by atoms with van der Waals surface area (Å²) in [5, 5.41) is 15.3. The van der Waals surface area contributed by atoms with Crippen LogP contribution in [0.5, 0.6) is 5.75 Å². The molecule has 0 bridgehead atoms. The number of methoxy groups -OCH3 is 2. The lowest BCUT2D eigenvalue weighted by Gasteiger charge is -2.18. The van der Waals surface area contributed by atoms with E-state index in [-0.39, 0.29) is 16.9 Å². The van der Waals surface area contributed by atoms with E-state index in [1.807, 2.05) is 0 Å². The summed E-state index contributed by atoms with van der Waals surface area (Å²) in [6.45, 7) is 0. The van der Waals surface area contributed by atoms with Crippen LogP contribution in [0, 0.1) is 0 Å². The van der Waals surface area contributed by atoms with Gasteiger partial charge in [0, 0.05) is 21.5 Å². The molecule has 0 saturated carbocycles. The summed E-state index contributed by atoms with van der Waals surface area (Å²) < 4.78 is 9.62. The second-order valence-corrected chi connectivity index (χ2v) is 6.07. The zero-order chi connectivity index (χ0) is 19.6. The van der Waals surface area contributed by atoms with Crippen molar-refractivity contribution in [1.29, 1.82) is 0 Å². The molecule has 0 unspecified atom stereocenters. The molecule has 0 radical (unpaired) electrons. The van der Waals surface area contributed by atoms with E-state index in [1.165, 1.54) is 14.2 Å². The van der Waals surface area contributed by atoms with Crippen molar-refractivity contribution >= 4 is 45.7 Å². The largest absolute Gasteiger partial charge is 0.506 e. The van der Waals surface area contributed by atoms with Crippen molar-refractivity contribution in [3.8, 4) is 5.75 Å². The fourth-order valence-electron chi connectivity index (χ4n) is 2.83. The van der Waals surface area contributed by atoms with Crippen molar-refractivity contribution in [3.63, 3.8) is 0 Å². The van der Waals surface area contributed by atoms with E-state index in [0.717, 1.165) is 0 Å². The quantitative estimate of drug-likeness (QED) is 0.507. The number of halogens is 1. The molecular formula is C20H16ClNO5. The van der Waals surface area contributed by atoms with E-state index in [1.54, 1.807) is 48.5 Å². The highest BCUT2D eigenvalue weighted by molar-refractivity contribution is 6.30. The molecule has 0 aliphatic carbocycles. The number of nitrogens with one attached hydrogen (secondary N) is 1. The van der Waals surface area contributed by atoms with Gasteiger partial charge in [0.1, 0.15) is 16.9 Å². The van der Waals surface area contributed by atoms with Crippen LogP contribution >= 0.6 is 11.6 Å². The second kappa shape index (κ2) is 7.55. The van der Waals surface area contributed by atoms with Crippen LogP contribution in [0.25, 0.3) is 10.8 Å². The standard InChI is InChI=1S/C20H16ClNO5/c1-26-19(24)15-16(20(25)27-2)18(23)14-6-4-3-5-13(14)17(15)22-12-9-7-11(21)8-10-12/h3-10,22-23H,1-2H3. The number of fused-ring (bicyclic) bond motifs is 1.